The van der Waals surface area contributed by atoms with Crippen molar-refractivity contribution in [2.24, 2.45) is 10.8 Å². The molecule has 2 unspecified atom stereocenters. The molecule has 0 spiro atoms. The molecule has 1 saturated carbocycles. The lowest BCUT2D eigenvalue weighted by Crippen LogP contribution is -2.39. The van der Waals surface area contributed by atoms with Gasteiger partial charge >= 0.3 is 5.97 Å². The minimum absolute atomic E-state index is 0.0966. The average Bonchev–Trinajstić information content (AvgIpc) is 3.02. The molecular weight excluding hydrogens is 433 g/mol. The topological polar surface area (TPSA) is 59.8 Å². The highest BCUT2D eigenvalue weighted by Gasteiger charge is 2.50. The number of hydrogen-bond donors (Lipinski definition) is 0. The molecule has 6 heteroatoms. The second-order valence-electron chi connectivity index (χ2n) is 8.32. The number of carbonyl (C=O) groups excluding carboxylic acids is 2. The molecule has 2 bridgehead atoms. The van der Waals surface area contributed by atoms with Gasteiger partial charge in [0.2, 0.25) is 0 Å². The van der Waals surface area contributed by atoms with Crippen molar-refractivity contribution in [1.29, 1.82) is 0 Å². The Hall–Kier alpha value is -1.31. The summed E-state index contributed by atoms with van der Waals surface area (Å²) in [7, 11) is 0. The normalized spacial score (nSPS) is 27.7. The summed E-state index contributed by atoms with van der Waals surface area (Å²) in [6.07, 6.45) is 6.02. The molecule has 1 aliphatic heterocycles. The summed E-state index contributed by atoms with van der Waals surface area (Å²) in [6.45, 7) is 7.36. The largest absolute Gasteiger partial charge is 0.452 e. The molecule has 2 fully saturated rings. The highest BCUT2D eigenvalue weighted by Crippen LogP contribution is 2.52. The van der Waals surface area contributed by atoms with Crippen LogP contribution in [-0.2, 0) is 14.3 Å². The molecule has 2 aliphatic rings. The number of furan rings is 1. The van der Waals surface area contributed by atoms with Crippen LogP contribution in [0.4, 0.5) is 0 Å². The fraction of sp³-hybridized carbons (Fsp3) is 0.579. The Balaban J connectivity index is 1.53. The van der Waals surface area contributed by atoms with Gasteiger partial charge in [-0.1, -0.05) is 20.8 Å². The summed E-state index contributed by atoms with van der Waals surface area (Å²) in [5.74, 6) is -0.0506. The van der Waals surface area contributed by atoms with Gasteiger partial charge in [-0.15, -0.1) is 0 Å². The van der Waals surface area contributed by atoms with E-state index in [0.717, 1.165) is 29.6 Å². The van der Waals surface area contributed by atoms with Gasteiger partial charge in [0.25, 0.3) is 5.91 Å². The van der Waals surface area contributed by atoms with Crippen molar-refractivity contribution >= 4 is 40.5 Å². The van der Waals surface area contributed by atoms with E-state index in [1.165, 1.54) is 6.08 Å². The van der Waals surface area contributed by atoms with Crippen molar-refractivity contribution in [2.75, 3.05) is 13.2 Å². The van der Waals surface area contributed by atoms with Crippen LogP contribution >= 0.6 is 22.6 Å². The molecule has 1 aromatic rings. The Morgan fingerprint density at radius 3 is 2.80 bits per heavy atom. The summed E-state index contributed by atoms with van der Waals surface area (Å²) in [5, 5.41) is 0. The van der Waals surface area contributed by atoms with Gasteiger partial charge in [0.1, 0.15) is 5.76 Å². The van der Waals surface area contributed by atoms with Crippen molar-refractivity contribution < 1.29 is 18.7 Å². The Kier molecular flexibility index (Phi) is 5.01. The van der Waals surface area contributed by atoms with Gasteiger partial charge in [0, 0.05) is 18.7 Å². The van der Waals surface area contributed by atoms with Gasteiger partial charge in [-0.05, 0) is 70.9 Å². The molecule has 0 radical (unpaired) electrons. The van der Waals surface area contributed by atoms with Crippen molar-refractivity contribution in [3.63, 3.8) is 0 Å². The summed E-state index contributed by atoms with van der Waals surface area (Å²) in [5.41, 5.74) is 0.440. The standard InChI is InChI=1S/C19H24INO4/c1-18(2)8-13-9-19(3,11-18)12-21(13)16(22)10-24-17(23)7-5-14-4-6-15(20)25-14/h4-7,13H,8-12H2,1-3H3. The maximum absolute atomic E-state index is 12.5. The SMILES string of the molecule is CC1(C)CC2CC(C)(CN2C(=O)COC(=O)C=Cc2ccc(I)o2)C1. The third kappa shape index (κ3) is 4.46. The number of ether oxygens (including phenoxy) is 1. The number of likely N-dealkylation sites (tertiary alicyclic amines) is 1. The quantitative estimate of drug-likeness (QED) is 0.392. The second-order valence-corrected chi connectivity index (χ2v) is 9.38. The number of esters is 1. The minimum Gasteiger partial charge on any atom is -0.452 e. The summed E-state index contributed by atoms with van der Waals surface area (Å²) >= 11 is 2.05. The molecule has 0 aromatic carbocycles. The first-order valence-electron chi connectivity index (χ1n) is 8.56. The number of rotatable bonds is 4. The maximum atomic E-state index is 12.5. The molecule has 25 heavy (non-hydrogen) atoms. The smallest absolute Gasteiger partial charge is 0.331 e. The molecule has 1 saturated heterocycles. The van der Waals surface area contributed by atoms with Crippen molar-refractivity contribution in [1.82, 2.24) is 4.90 Å². The fourth-order valence-corrected chi connectivity index (χ4v) is 5.02. The predicted octanol–water partition coefficient (Wildman–Crippen LogP) is 3.87. The van der Waals surface area contributed by atoms with Crippen LogP contribution < -0.4 is 0 Å². The van der Waals surface area contributed by atoms with Crippen molar-refractivity contribution in [3.8, 4) is 0 Å². The first-order chi connectivity index (χ1) is 11.7. The number of halogens is 1. The zero-order valence-electron chi connectivity index (χ0n) is 14.9. The molecule has 2 heterocycles. The van der Waals surface area contributed by atoms with E-state index in [0.29, 0.717) is 5.76 Å². The maximum Gasteiger partial charge on any atom is 0.331 e. The van der Waals surface area contributed by atoms with E-state index in [4.69, 9.17) is 9.15 Å². The molecule has 1 aliphatic carbocycles. The van der Waals surface area contributed by atoms with Crippen LogP contribution in [-0.4, -0.2) is 36.0 Å². The number of fused-ring (bicyclic) bond motifs is 2. The Morgan fingerprint density at radius 1 is 1.36 bits per heavy atom. The van der Waals surface area contributed by atoms with Crippen LogP contribution in [0.1, 0.15) is 45.8 Å². The lowest BCUT2D eigenvalue weighted by molar-refractivity contribution is -0.148. The molecule has 136 valence electrons. The van der Waals surface area contributed by atoms with Gasteiger partial charge in [0.15, 0.2) is 10.4 Å². The Labute approximate surface area is 161 Å². The van der Waals surface area contributed by atoms with Crippen LogP contribution in [0.15, 0.2) is 22.6 Å². The van der Waals surface area contributed by atoms with Gasteiger partial charge in [0.05, 0.1) is 0 Å². The van der Waals surface area contributed by atoms with Gasteiger partial charge in [-0.3, -0.25) is 4.79 Å². The number of amides is 1. The van der Waals surface area contributed by atoms with Crippen molar-refractivity contribution in [3.05, 3.63) is 27.7 Å². The highest BCUT2D eigenvalue weighted by atomic mass is 127. The highest BCUT2D eigenvalue weighted by molar-refractivity contribution is 14.1. The molecule has 0 N–H and O–H groups in total. The number of nitrogens with zero attached hydrogens (tertiary/aromatic N) is 1. The van der Waals surface area contributed by atoms with Gasteiger partial charge < -0.3 is 14.1 Å². The number of carbonyl (C=O) groups is 2. The van der Waals surface area contributed by atoms with Crippen molar-refractivity contribution in [2.45, 2.75) is 46.1 Å². The molecular formula is C19H24INO4. The molecule has 1 aromatic heterocycles. The fourth-order valence-electron chi connectivity index (χ4n) is 4.58. The van der Waals surface area contributed by atoms with E-state index in [-0.39, 0.29) is 29.4 Å². The molecule has 5 nitrogen and oxygen atoms in total. The van der Waals surface area contributed by atoms with E-state index in [1.54, 1.807) is 12.1 Å². The average molecular weight is 457 g/mol. The van der Waals surface area contributed by atoms with E-state index < -0.39 is 5.97 Å². The van der Waals surface area contributed by atoms with Crippen LogP contribution in [0.2, 0.25) is 0 Å². The lowest BCUT2D eigenvalue weighted by atomic mass is 9.65. The van der Waals surface area contributed by atoms with Crippen LogP contribution in [0.25, 0.3) is 6.08 Å². The van der Waals surface area contributed by atoms with Crippen LogP contribution in [0, 0.1) is 14.6 Å². The molecule has 2 atom stereocenters. The third-order valence-electron chi connectivity index (χ3n) is 5.05. The summed E-state index contributed by atoms with van der Waals surface area (Å²) < 4.78 is 11.2. The van der Waals surface area contributed by atoms with E-state index in [1.807, 2.05) is 11.0 Å². The first kappa shape index (κ1) is 18.5. The minimum atomic E-state index is -0.534. The van der Waals surface area contributed by atoms with E-state index >= 15 is 0 Å². The van der Waals surface area contributed by atoms with Crippen LogP contribution in [0.5, 0.6) is 0 Å². The number of hydrogen-bond acceptors (Lipinski definition) is 4. The monoisotopic (exact) mass is 457 g/mol. The van der Waals surface area contributed by atoms with Crippen LogP contribution in [0.3, 0.4) is 0 Å². The zero-order chi connectivity index (χ0) is 18.2. The van der Waals surface area contributed by atoms with Gasteiger partial charge in [-0.2, -0.15) is 0 Å². The summed E-state index contributed by atoms with van der Waals surface area (Å²) in [6, 6.07) is 3.84. The van der Waals surface area contributed by atoms with E-state index in [2.05, 4.69) is 43.4 Å². The first-order valence-corrected chi connectivity index (χ1v) is 9.63. The molecule has 3 rings (SSSR count). The predicted molar refractivity (Wildman–Crippen MR) is 103 cm³/mol. The second kappa shape index (κ2) is 6.78. The van der Waals surface area contributed by atoms with E-state index in [9.17, 15) is 9.59 Å². The zero-order valence-corrected chi connectivity index (χ0v) is 17.0. The summed E-state index contributed by atoms with van der Waals surface area (Å²) in [4.78, 5) is 26.3. The lowest BCUT2D eigenvalue weighted by Gasteiger charge is -2.39. The Morgan fingerprint density at radius 2 is 2.12 bits per heavy atom. The van der Waals surface area contributed by atoms with Gasteiger partial charge in [-0.25, -0.2) is 4.79 Å². The third-order valence-corrected chi connectivity index (χ3v) is 5.63. The Bertz CT molecular complexity index is 708. The molecule has 1 amide bonds.